The molecule has 28 heavy (non-hydrogen) atoms. The standard InChI is InChI=1S/C20H21ClN4O2S/c1-20(2,3)11-4-6-13-16(8-11)28-19-17(13)18(22-10-23-19)24-15-7-5-12(25(26)27)9-14(15)21/h5,7,9-11H,4,6,8H2,1-3H3,(H,22,23,24). The van der Waals surface area contributed by atoms with Crippen molar-refractivity contribution in [1.82, 2.24) is 9.97 Å². The van der Waals surface area contributed by atoms with Gasteiger partial charge in [0.25, 0.3) is 5.69 Å². The molecule has 0 bridgehead atoms. The minimum atomic E-state index is -0.459. The molecule has 3 aromatic rings. The number of nitro groups is 1. The number of thiophene rings is 1. The van der Waals surface area contributed by atoms with Crippen molar-refractivity contribution in [3.63, 3.8) is 0 Å². The van der Waals surface area contributed by atoms with Gasteiger partial charge in [-0.1, -0.05) is 32.4 Å². The van der Waals surface area contributed by atoms with E-state index in [-0.39, 0.29) is 16.1 Å². The van der Waals surface area contributed by atoms with Crippen LogP contribution in [0.15, 0.2) is 24.5 Å². The van der Waals surface area contributed by atoms with E-state index in [1.165, 1.54) is 22.6 Å². The molecule has 1 aliphatic rings. The molecular formula is C20H21ClN4O2S. The maximum Gasteiger partial charge on any atom is 0.271 e. The number of nitrogens with zero attached hydrogens (tertiary/aromatic N) is 3. The minimum absolute atomic E-state index is 0.0375. The van der Waals surface area contributed by atoms with Crippen LogP contribution >= 0.6 is 22.9 Å². The van der Waals surface area contributed by atoms with Gasteiger partial charge < -0.3 is 5.32 Å². The number of aryl methyl sites for hydroxylation is 1. The average Bonchev–Trinajstić information content (AvgIpc) is 3.01. The molecule has 2 aromatic heterocycles. The van der Waals surface area contributed by atoms with Crippen molar-refractivity contribution in [3.05, 3.63) is 50.1 Å². The van der Waals surface area contributed by atoms with Crippen LogP contribution in [0.25, 0.3) is 10.2 Å². The predicted octanol–water partition coefficient (Wildman–Crippen LogP) is 6.15. The van der Waals surface area contributed by atoms with Crippen LogP contribution in [0.4, 0.5) is 17.2 Å². The second kappa shape index (κ2) is 6.97. The number of nitro benzene ring substituents is 1. The molecular weight excluding hydrogens is 396 g/mol. The highest BCUT2D eigenvalue weighted by atomic mass is 35.5. The smallest absolute Gasteiger partial charge is 0.271 e. The second-order valence-electron chi connectivity index (χ2n) is 8.26. The number of aromatic nitrogens is 2. The third-order valence-corrected chi connectivity index (χ3v) is 6.96. The molecule has 0 saturated carbocycles. The molecule has 4 rings (SSSR count). The second-order valence-corrected chi connectivity index (χ2v) is 9.75. The first kappa shape index (κ1) is 19.1. The van der Waals surface area contributed by atoms with Crippen LogP contribution in [0.5, 0.6) is 0 Å². The van der Waals surface area contributed by atoms with Crippen molar-refractivity contribution in [2.75, 3.05) is 5.32 Å². The van der Waals surface area contributed by atoms with E-state index in [4.69, 9.17) is 11.6 Å². The Labute approximate surface area is 172 Å². The highest BCUT2D eigenvalue weighted by Crippen LogP contribution is 2.44. The zero-order chi connectivity index (χ0) is 20.1. The highest BCUT2D eigenvalue weighted by Gasteiger charge is 2.31. The van der Waals surface area contributed by atoms with Crippen LogP contribution in [-0.2, 0) is 12.8 Å². The van der Waals surface area contributed by atoms with Crippen LogP contribution < -0.4 is 5.32 Å². The fourth-order valence-electron chi connectivity index (χ4n) is 3.79. The van der Waals surface area contributed by atoms with E-state index < -0.39 is 4.92 Å². The summed E-state index contributed by atoms with van der Waals surface area (Å²) in [5.74, 6) is 1.36. The first-order chi connectivity index (χ1) is 13.2. The molecule has 146 valence electrons. The molecule has 0 amide bonds. The Balaban J connectivity index is 1.72. The van der Waals surface area contributed by atoms with Gasteiger partial charge in [-0.2, -0.15) is 0 Å². The van der Waals surface area contributed by atoms with E-state index in [0.717, 1.165) is 29.5 Å². The summed E-state index contributed by atoms with van der Waals surface area (Å²) in [6.45, 7) is 6.91. The number of hydrogen-bond acceptors (Lipinski definition) is 6. The van der Waals surface area contributed by atoms with Gasteiger partial charge in [0.1, 0.15) is 17.0 Å². The molecule has 1 aliphatic carbocycles. The third-order valence-electron chi connectivity index (χ3n) is 5.49. The van der Waals surface area contributed by atoms with Gasteiger partial charge in [-0.3, -0.25) is 10.1 Å². The summed E-state index contributed by atoms with van der Waals surface area (Å²) in [6, 6.07) is 4.39. The van der Waals surface area contributed by atoms with E-state index in [1.54, 1.807) is 23.7 Å². The van der Waals surface area contributed by atoms with Gasteiger partial charge in [0.2, 0.25) is 0 Å². The van der Waals surface area contributed by atoms with Crippen LogP contribution in [0.3, 0.4) is 0 Å². The lowest BCUT2D eigenvalue weighted by molar-refractivity contribution is -0.384. The van der Waals surface area contributed by atoms with Gasteiger partial charge in [-0.25, -0.2) is 9.97 Å². The summed E-state index contributed by atoms with van der Waals surface area (Å²) < 4.78 is 0. The largest absolute Gasteiger partial charge is 0.338 e. The van der Waals surface area contributed by atoms with Gasteiger partial charge in [-0.05, 0) is 42.2 Å². The number of halogens is 1. The fourth-order valence-corrected chi connectivity index (χ4v) is 5.28. The van der Waals surface area contributed by atoms with Crippen LogP contribution in [0.2, 0.25) is 5.02 Å². The summed E-state index contributed by atoms with van der Waals surface area (Å²) in [5, 5.41) is 15.5. The molecule has 0 saturated heterocycles. The van der Waals surface area contributed by atoms with Crippen molar-refractivity contribution in [2.45, 2.75) is 40.0 Å². The number of hydrogen-bond donors (Lipinski definition) is 1. The van der Waals surface area contributed by atoms with E-state index in [9.17, 15) is 10.1 Å². The van der Waals surface area contributed by atoms with E-state index in [2.05, 4.69) is 36.1 Å². The quantitative estimate of drug-likeness (QED) is 0.409. The van der Waals surface area contributed by atoms with Crippen molar-refractivity contribution >= 4 is 50.3 Å². The monoisotopic (exact) mass is 416 g/mol. The van der Waals surface area contributed by atoms with E-state index >= 15 is 0 Å². The molecule has 0 radical (unpaired) electrons. The maximum absolute atomic E-state index is 10.9. The summed E-state index contributed by atoms with van der Waals surface area (Å²) in [6.07, 6.45) is 4.77. The van der Waals surface area contributed by atoms with Crippen molar-refractivity contribution in [2.24, 2.45) is 11.3 Å². The van der Waals surface area contributed by atoms with Crippen LogP contribution in [-0.4, -0.2) is 14.9 Å². The van der Waals surface area contributed by atoms with Crippen LogP contribution in [0, 0.1) is 21.4 Å². The van der Waals surface area contributed by atoms with Crippen molar-refractivity contribution in [1.29, 1.82) is 0 Å². The number of nitrogens with one attached hydrogen (secondary N) is 1. The lowest BCUT2D eigenvalue weighted by Crippen LogP contribution is -2.26. The Hall–Kier alpha value is -2.25. The predicted molar refractivity (Wildman–Crippen MR) is 114 cm³/mol. The van der Waals surface area contributed by atoms with Crippen molar-refractivity contribution in [3.8, 4) is 0 Å². The van der Waals surface area contributed by atoms with Gasteiger partial charge in [0, 0.05) is 17.0 Å². The number of anilines is 2. The summed E-state index contributed by atoms with van der Waals surface area (Å²) in [5.41, 5.74) is 2.16. The molecule has 0 aliphatic heterocycles. The fraction of sp³-hybridized carbons (Fsp3) is 0.400. The first-order valence-corrected chi connectivity index (χ1v) is 10.4. The Morgan fingerprint density at radius 3 is 2.79 bits per heavy atom. The van der Waals surface area contributed by atoms with Gasteiger partial charge in [-0.15, -0.1) is 11.3 Å². The number of non-ortho nitro benzene ring substituents is 1. The van der Waals surface area contributed by atoms with E-state index in [1.807, 2.05) is 0 Å². The molecule has 0 fully saturated rings. The Morgan fingerprint density at radius 2 is 2.11 bits per heavy atom. The molecule has 6 nitrogen and oxygen atoms in total. The molecule has 1 unspecified atom stereocenters. The molecule has 1 atom stereocenters. The molecule has 8 heteroatoms. The summed E-state index contributed by atoms with van der Waals surface area (Å²) in [4.78, 5) is 21.7. The molecule has 1 aromatic carbocycles. The minimum Gasteiger partial charge on any atom is -0.338 e. The Bertz CT molecular complexity index is 1070. The van der Waals surface area contributed by atoms with Gasteiger partial charge in [0.05, 0.1) is 21.0 Å². The summed E-state index contributed by atoms with van der Waals surface area (Å²) in [7, 11) is 0. The molecule has 0 spiro atoms. The highest BCUT2D eigenvalue weighted by molar-refractivity contribution is 7.19. The number of benzene rings is 1. The van der Waals surface area contributed by atoms with Gasteiger partial charge in [0.15, 0.2) is 0 Å². The number of fused-ring (bicyclic) bond motifs is 3. The van der Waals surface area contributed by atoms with Crippen molar-refractivity contribution < 1.29 is 4.92 Å². The topological polar surface area (TPSA) is 81.0 Å². The van der Waals surface area contributed by atoms with E-state index in [0.29, 0.717) is 17.4 Å². The first-order valence-electron chi connectivity index (χ1n) is 9.20. The van der Waals surface area contributed by atoms with Crippen LogP contribution in [0.1, 0.15) is 37.6 Å². The Kier molecular flexibility index (Phi) is 4.75. The normalized spacial score (nSPS) is 16.8. The SMILES string of the molecule is CC(C)(C)C1CCc2c(sc3ncnc(Nc4ccc([N+](=O)[O-])cc4Cl)c23)C1. The average molecular weight is 417 g/mol. The third kappa shape index (κ3) is 3.44. The zero-order valence-electron chi connectivity index (χ0n) is 16.0. The molecule has 1 N–H and O–H groups in total. The summed E-state index contributed by atoms with van der Waals surface area (Å²) >= 11 is 7.99. The maximum atomic E-state index is 10.9. The lowest BCUT2D eigenvalue weighted by atomic mass is 9.72. The molecule has 2 heterocycles. The van der Waals surface area contributed by atoms with Gasteiger partial charge >= 0.3 is 0 Å². The number of rotatable bonds is 3. The lowest BCUT2D eigenvalue weighted by Gasteiger charge is -2.33. The Morgan fingerprint density at radius 1 is 1.32 bits per heavy atom. The zero-order valence-corrected chi connectivity index (χ0v) is 17.5.